The molecule has 0 spiro atoms. The van der Waals surface area contributed by atoms with E-state index in [4.69, 9.17) is 9.15 Å². The van der Waals surface area contributed by atoms with Gasteiger partial charge < -0.3 is 19.0 Å². The molecule has 2 aromatic rings. The number of benzene rings is 1. The minimum absolute atomic E-state index is 0.0205. The molecule has 1 aromatic heterocycles. The van der Waals surface area contributed by atoms with Gasteiger partial charge in [0.15, 0.2) is 0 Å². The zero-order valence-corrected chi connectivity index (χ0v) is 16.8. The third kappa shape index (κ3) is 4.47. The Kier molecular flexibility index (Phi) is 5.88. The number of carbonyl (C=O) groups is 2. The van der Waals surface area contributed by atoms with Gasteiger partial charge in [0, 0.05) is 39.0 Å². The highest BCUT2D eigenvalue weighted by molar-refractivity contribution is 5.94. The molecule has 2 amide bonds. The Labute approximate surface area is 171 Å². The molecule has 0 N–H and O–H groups in total. The zero-order chi connectivity index (χ0) is 20.2. The molecule has 0 radical (unpaired) electrons. The fraction of sp³-hybridized carbons (Fsp3) is 0.478. The lowest BCUT2D eigenvalue weighted by molar-refractivity contribution is -0.130. The Morgan fingerprint density at radius 2 is 1.83 bits per heavy atom. The number of hydrogen-bond acceptors (Lipinski definition) is 4. The van der Waals surface area contributed by atoms with Crippen molar-refractivity contribution in [2.24, 2.45) is 17.8 Å². The molecule has 29 heavy (non-hydrogen) atoms. The molecule has 0 unspecified atom stereocenters. The van der Waals surface area contributed by atoms with Gasteiger partial charge in [-0.1, -0.05) is 18.2 Å². The van der Waals surface area contributed by atoms with Crippen molar-refractivity contribution in [3.8, 4) is 5.75 Å². The third-order valence-corrected chi connectivity index (χ3v) is 6.34. The van der Waals surface area contributed by atoms with E-state index < -0.39 is 0 Å². The molecule has 1 aromatic carbocycles. The topological polar surface area (TPSA) is 63.0 Å². The first-order valence-corrected chi connectivity index (χ1v) is 10.4. The van der Waals surface area contributed by atoms with E-state index in [0.29, 0.717) is 30.6 Å². The van der Waals surface area contributed by atoms with Crippen molar-refractivity contribution in [2.75, 3.05) is 32.8 Å². The predicted molar refractivity (Wildman–Crippen MR) is 109 cm³/mol. The fourth-order valence-corrected chi connectivity index (χ4v) is 4.70. The van der Waals surface area contributed by atoms with Crippen LogP contribution < -0.4 is 4.74 Å². The number of para-hydroxylation sites is 1. The van der Waals surface area contributed by atoms with E-state index in [0.717, 1.165) is 38.2 Å². The second-order valence-corrected chi connectivity index (χ2v) is 8.11. The molecule has 0 aliphatic carbocycles. The number of nitrogens with zero attached hydrogens (tertiary/aromatic N) is 2. The minimum atomic E-state index is 0.0205. The minimum Gasteiger partial charge on any atom is -0.493 e. The summed E-state index contributed by atoms with van der Waals surface area (Å²) in [5, 5.41) is 0. The standard InChI is InChI=1S/C23H28N2O4/c1-17(26)24-10-7-18(8-11-24)22-14-25(23(27)19-9-12-28-15-19)13-20(22)16-29-21-5-3-2-4-6-21/h2-6,9,12,15,18,20,22H,7-8,10-11,13-14,16H2,1H3/t20-,22-/m0/s1. The summed E-state index contributed by atoms with van der Waals surface area (Å²) in [6.07, 6.45) is 5.02. The highest BCUT2D eigenvalue weighted by Gasteiger charge is 2.41. The van der Waals surface area contributed by atoms with Gasteiger partial charge >= 0.3 is 0 Å². The molecular formula is C23H28N2O4. The molecule has 6 nitrogen and oxygen atoms in total. The summed E-state index contributed by atoms with van der Waals surface area (Å²) in [5.74, 6) is 2.18. The molecule has 4 rings (SSSR count). The lowest BCUT2D eigenvalue weighted by Gasteiger charge is -2.36. The summed E-state index contributed by atoms with van der Waals surface area (Å²) in [7, 11) is 0. The molecule has 2 saturated heterocycles. The molecule has 2 aliphatic rings. The lowest BCUT2D eigenvalue weighted by atomic mass is 9.78. The molecule has 6 heteroatoms. The Bertz CT molecular complexity index is 813. The van der Waals surface area contributed by atoms with Gasteiger partial charge in [0.1, 0.15) is 12.0 Å². The Hall–Kier alpha value is -2.76. The smallest absolute Gasteiger partial charge is 0.257 e. The van der Waals surface area contributed by atoms with Crippen LogP contribution in [0.5, 0.6) is 5.75 Å². The second kappa shape index (κ2) is 8.72. The quantitative estimate of drug-likeness (QED) is 0.778. The molecule has 3 heterocycles. The van der Waals surface area contributed by atoms with Gasteiger partial charge in [-0.15, -0.1) is 0 Å². The summed E-state index contributed by atoms with van der Waals surface area (Å²) in [5.41, 5.74) is 0.597. The summed E-state index contributed by atoms with van der Waals surface area (Å²) >= 11 is 0. The molecule has 154 valence electrons. The number of piperidine rings is 1. The van der Waals surface area contributed by atoms with Gasteiger partial charge in [-0.2, -0.15) is 0 Å². The van der Waals surface area contributed by atoms with Crippen molar-refractivity contribution in [2.45, 2.75) is 19.8 Å². The summed E-state index contributed by atoms with van der Waals surface area (Å²) < 4.78 is 11.2. The van der Waals surface area contributed by atoms with Crippen LogP contribution >= 0.6 is 0 Å². The normalized spacial score (nSPS) is 22.7. The molecule has 2 atom stereocenters. The highest BCUT2D eigenvalue weighted by Crippen LogP contribution is 2.36. The number of hydrogen-bond donors (Lipinski definition) is 0. The Morgan fingerprint density at radius 1 is 1.07 bits per heavy atom. The summed E-state index contributed by atoms with van der Waals surface area (Å²) in [6.45, 7) is 5.26. The van der Waals surface area contributed by atoms with Crippen molar-refractivity contribution in [1.82, 2.24) is 9.80 Å². The lowest BCUT2D eigenvalue weighted by Crippen LogP contribution is -2.40. The van der Waals surface area contributed by atoms with E-state index in [9.17, 15) is 9.59 Å². The van der Waals surface area contributed by atoms with Crippen LogP contribution in [0.15, 0.2) is 53.3 Å². The third-order valence-electron chi connectivity index (χ3n) is 6.34. The van der Waals surface area contributed by atoms with E-state index in [1.807, 2.05) is 40.1 Å². The highest BCUT2D eigenvalue weighted by atomic mass is 16.5. The van der Waals surface area contributed by atoms with Crippen molar-refractivity contribution >= 4 is 11.8 Å². The van der Waals surface area contributed by atoms with Gasteiger partial charge in [-0.3, -0.25) is 9.59 Å². The summed E-state index contributed by atoms with van der Waals surface area (Å²) in [4.78, 5) is 28.4. The van der Waals surface area contributed by atoms with Crippen LogP contribution in [0.1, 0.15) is 30.1 Å². The molecule has 0 saturated carbocycles. The maximum absolute atomic E-state index is 12.9. The van der Waals surface area contributed by atoms with Gasteiger partial charge in [-0.05, 0) is 42.9 Å². The van der Waals surface area contributed by atoms with Crippen LogP contribution in [0.2, 0.25) is 0 Å². The van der Waals surface area contributed by atoms with Gasteiger partial charge in [0.25, 0.3) is 5.91 Å². The predicted octanol–water partition coefficient (Wildman–Crippen LogP) is 3.31. The van der Waals surface area contributed by atoms with Crippen LogP contribution in [0, 0.1) is 17.8 Å². The van der Waals surface area contributed by atoms with Crippen LogP contribution in [-0.4, -0.2) is 54.4 Å². The largest absolute Gasteiger partial charge is 0.493 e. The van der Waals surface area contributed by atoms with Gasteiger partial charge in [0.2, 0.25) is 5.91 Å². The number of likely N-dealkylation sites (tertiary alicyclic amines) is 2. The number of carbonyl (C=O) groups excluding carboxylic acids is 2. The fourth-order valence-electron chi connectivity index (χ4n) is 4.70. The van der Waals surface area contributed by atoms with Crippen LogP contribution in [0.25, 0.3) is 0 Å². The van der Waals surface area contributed by atoms with E-state index in [-0.39, 0.29) is 17.7 Å². The average molecular weight is 396 g/mol. The number of rotatable bonds is 5. The average Bonchev–Trinajstić information content (AvgIpc) is 3.43. The van der Waals surface area contributed by atoms with Crippen LogP contribution in [0.4, 0.5) is 0 Å². The van der Waals surface area contributed by atoms with Crippen LogP contribution in [0.3, 0.4) is 0 Å². The maximum atomic E-state index is 12.9. The van der Waals surface area contributed by atoms with Crippen molar-refractivity contribution in [3.63, 3.8) is 0 Å². The first-order chi connectivity index (χ1) is 14.1. The van der Waals surface area contributed by atoms with Crippen molar-refractivity contribution in [3.05, 3.63) is 54.5 Å². The van der Waals surface area contributed by atoms with Crippen molar-refractivity contribution < 1.29 is 18.7 Å². The van der Waals surface area contributed by atoms with Gasteiger partial charge in [0.05, 0.1) is 18.4 Å². The summed E-state index contributed by atoms with van der Waals surface area (Å²) in [6, 6.07) is 11.5. The van der Waals surface area contributed by atoms with Crippen molar-refractivity contribution in [1.29, 1.82) is 0 Å². The van der Waals surface area contributed by atoms with Crippen LogP contribution in [-0.2, 0) is 4.79 Å². The second-order valence-electron chi connectivity index (χ2n) is 8.11. The number of amides is 2. The first-order valence-electron chi connectivity index (χ1n) is 10.4. The zero-order valence-electron chi connectivity index (χ0n) is 16.8. The van der Waals surface area contributed by atoms with E-state index in [1.165, 1.54) is 12.5 Å². The maximum Gasteiger partial charge on any atom is 0.257 e. The molecular weight excluding hydrogens is 368 g/mol. The first kappa shape index (κ1) is 19.6. The molecule has 2 aliphatic heterocycles. The van der Waals surface area contributed by atoms with Gasteiger partial charge in [-0.25, -0.2) is 0 Å². The SMILES string of the molecule is CC(=O)N1CCC([C@@H]2CN(C(=O)c3ccoc3)C[C@H]2COc2ccccc2)CC1. The Morgan fingerprint density at radius 3 is 2.48 bits per heavy atom. The van der Waals surface area contributed by atoms with E-state index >= 15 is 0 Å². The molecule has 0 bridgehead atoms. The van der Waals surface area contributed by atoms with E-state index in [1.54, 1.807) is 13.0 Å². The number of furan rings is 1. The Balaban J connectivity index is 1.45. The monoisotopic (exact) mass is 396 g/mol. The van der Waals surface area contributed by atoms with E-state index in [2.05, 4.69) is 0 Å². The number of ether oxygens (including phenoxy) is 1. The molecule has 2 fully saturated rings.